The number of methoxy groups -OCH3 is 2. The molecule has 1 aliphatic carbocycles. The first kappa shape index (κ1) is 29.0. The number of benzene rings is 1. The molecule has 15 heteroatoms. The van der Waals surface area contributed by atoms with E-state index in [0.717, 1.165) is 30.3 Å². The molecule has 0 amide bonds. The van der Waals surface area contributed by atoms with E-state index in [1.165, 1.54) is 25.1 Å². The summed E-state index contributed by atoms with van der Waals surface area (Å²) in [6.07, 6.45) is -0.128. The summed E-state index contributed by atoms with van der Waals surface area (Å²) in [5, 5.41) is 3.27. The number of rotatable bonds is 9. The lowest BCUT2D eigenvalue weighted by Gasteiger charge is -2.13. The maximum Gasteiger partial charge on any atom is 0.434 e. The topological polar surface area (TPSA) is 146 Å². The molecule has 0 radical (unpaired) electrons. The Bertz CT molecular complexity index is 1840. The van der Waals surface area contributed by atoms with Gasteiger partial charge in [0.15, 0.2) is 23.0 Å². The van der Waals surface area contributed by atoms with Crippen LogP contribution in [0.4, 0.5) is 19.0 Å². The number of hydrogen-bond donors (Lipinski definition) is 2. The van der Waals surface area contributed by atoms with E-state index in [1.54, 1.807) is 38.1 Å². The zero-order valence-corrected chi connectivity index (χ0v) is 24.2. The van der Waals surface area contributed by atoms with E-state index >= 15 is 0 Å². The fraction of sp³-hybridized carbons (Fsp3) is 0.345. The van der Waals surface area contributed by atoms with Crippen molar-refractivity contribution in [2.75, 3.05) is 19.5 Å². The van der Waals surface area contributed by atoms with Gasteiger partial charge in [-0.25, -0.2) is 34.7 Å². The number of imidazole rings is 2. The van der Waals surface area contributed by atoms with Gasteiger partial charge in [-0.2, -0.15) is 13.2 Å². The van der Waals surface area contributed by atoms with Crippen LogP contribution in [-0.2, 0) is 17.5 Å². The molecular formula is C29H28F3N9O3. The minimum absolute atomic E-state index is 0.0427. The lowest BCUT2D eigenvalue weighted by molar-refractivity contribution is -0.140. The molecule has 0 aliphatic heterocycles. The smallest absolute Gasteiger partial charge is 0.434 e. The number of hydrogen-bond acceptors (Lipinski definition) is 10. The monoisotopic (exact) mass is 607 g/mol. The highest BCUT2D eigenvalue weighted by Gasteiger charge is 2.35. The van der Waals surface area contributed by atoms with Crippen molar-refractivity contribution in [2.24, 2.45) is 0 Å². The minimum atomic E-state index is -4.55. The Balaban J connectivity index is 1.34. The van der Waals surface area contributed by atoms with Crippen LogP contribution in [0.25, 0.3) is 33.9 Å². The van der Waals surface area contributed by atoms with Gasteiger partial charge >= 0.3 is 12.1 Å². The van der Waals surface area contributed by atoms with Gasteiger partial charge in [-0.1, -0.05) is 24.3 Å². The molecule has 1 fully saturated rings. The summed E-state index contributed by atoms with van der Waals surface area (Å²) >= 11 is 0. The van der Waals surface area contributed by atoms with Gasteiger partial charge in [-0.3, -0.25) is 0 Å². The number of aromatic nitrogens is 8. The van der Waals surface area contributed by atoms with Gasteiger partial charge in [0.2, 0.25) is 11.7 Å². The number of anilines is 1. The SMILES string of the molecule is COC(=O)c1nc2nc(-c3c(OC)ncnc3C3CC3)nc(NCc3ccc(-c4nc(C(F)(F)F)cn4C(C)C)cc3)c2[nH]1. The van der Waals surface area contributed by atoms with E-state index in [9.17, 15) is 18.0 Å². The number of carbonyl (C=O) groups is 1. The molecule has 0 spiro atoms. The molecule has 5 aromatic rings. The molecular weight excluding hydrogens is 579 g/mol. The van der Waals surface area contributed by atoms with Gasteiger partial charge in [0, 0.05) is 30.3 Å². The van der Waals surface area contributed by atoms with Crippen molar-refractivity contribution in [1.29, 1.82) is 0 Å². The summed E-state index contributed by atoms with van der Waals surface area (Å²) in [6, 6.07) is 6.81. The number of nitrogens with zero attached hydrogens (tertiary/aromatic N) is 7. The van der Waals surface area contributed by atoms with E-state index in [-0.39, 0.29) is 41.6 Å². The van der Waals surface area contributed by atoms with Crippen molar-refractivity contribution in [2.45, 2.75) is 51.4 Å². The minimum Gasteiger partial charge on any atom is -0.480 e. The molecule has 44 heavy (non-hydrogen) atoms. The predicted octanol–water partition coefficient (Wildman–Crippen LogP) is 5.56. The van der Waals surface area contributed by atoms with Gasteiger partial charge in [0.05, 0.1) is 19.9 Å². The largest absolute Gasteiger partial charge is 0.480 e. The Labute approximate surface area is 249 Å². The zero-order valence-electron chi connectivity index (χ0n) is 24.2. The van der Waals surface area contributed by atoms with Crippen molar-refractivity contribution >= 4 is 23.0 Å². The van der Waals surface area contributed by atoms with Gasteiger partial charge in [0.25, 0.3) is 0 Å². The molecule has 1 aliphatic rings. The van der Waals surface area contributed by atoms with Crippen LogP contribution in [0.3, 0.4) is 0 Å². The summed E-state index contributed by atoms with van der Waals surface area (Å²) in [6.45, 7) is 3.88. The molecule has 2 N–H and O–H groups in total. The van der Waals surface area contributed by atoms with E-state index in [1.807, 2.05) is 0 Å². The fourth-order valence-electron chi connectivity index (χ4n) is 4.84. The predicted molar refractivity (Wildman–Crippen MR) is 153 cm³/mol. The highest BCUT2D eigenvalue weighted by Crippen LogP contribution is 2.45. The molecule has 12 nitrogen and oxygen atoms in total. The lowest BCUT2D eigenvalue weighted by atomic mass is 10.1. The first-order chi connectivity index (χ1) is 21.1. The number of ether oxygens (including phenoxy) is 2. The number of aromatic amines is 1. The molecule has 0 bridgehead atoms. The highest BCUT2D eigenvalue weighted by molar-refractivity contribution is 5.93. The average molecular weight is 608 g/mol. The summed E-state index contributed by atoms with van der Waals surface area (Å²) in [5.41, 5.74) is 2.35. The molecule has 6 rings (SSSR count). The summed E-state index contributed by atoms with van der Waals surface area (Å²) < 4.78 is 52.0. The molecule has 4 heterocycles. The third-order valence-electron chi connectivity index (χ3n) is 7.20. The number of esters is 1. The van der Waals surface area contributed by atoms with Gasteiger partial charge in [0.1, 0.15) is 23.2 Å². The number of H-pyrrole nitrogens is 1. The third kappa shape index (κ3) is 5.52. The first-order valence-electron chi connectivity index (χ1n) is 13.8. The normalized spacial score (nSPS) is 13.5. The van der Waals surface area contributed by atoms with Crippen LogP contribution in [-0.4, -0.2) is 59.6 Å². The Morgan fingerprint density at radius 3 is 2.48 bits per heavy atom. The van der Waals surface area contributed by atoms with Crippen molar-refractivity contribution in [3.63, 3.8) is 0 Å². The summed E-state index contributed by atoms with van der Waals surface area (Å²) in [4.78, 5) is 41.5. The number of fused-ring (bicyclic) bond motifs is 1. The van der Waals surface area contributed by atoms with Crippen molar-refractivity contribution in [1.82, 2.24) is 39.5 Å². The van der Waals surface area contributed by atoms with Crippen LogP contribution in [0.1, 0.15) is 66.2 Å². The van der Waals surface area contributed by atoms with Crippen LogP contribution in [0.15, 0.2) is 36.8 Å². The molecule has 1 aromatic carbocycles. The molecule has 1 saturated carbocycles. The Morgan fingerprint density at radius 2 is 1.84 bits per heavy atom. The molecule has 0 saturated heterocycles. The standard InChI is InChI=1S/C29H28F3N9O3/c1-14(2)41-12-18(29(30,31)32)36-26(41)17-7-5-15(6-8-17)11-33-23-21-24(40-25(37-21)28(42)44-4)39-22(38-23)19-20(16-9-10-16)34-13-35-27(19)43-3/h5-8,12-14,16H,9-11H2,1-4H3,(H2,33,37,38,39,40). The van der Waals surface area contributed by atoms with Crippen LogP contribution >= 0.6 is 0 Å². The van der Waals surface area contributed by atoms with E-state index in [4.69, 9.17) is 14.5 Å². The molecule has 0 unspecified atom stereocenters. The number of halogens is 3. The third-order valence-corrected chi connectivity index (χ3v) is 7.20. The molecule has 0 atom stereocenters. The Hall–Kier alpha value is -5.08. The van der Waals surface area contributed by atoms with Gasteiger partial charge < -0.3 is 24.3 Å². The molecule has 4 aromatic heterocycles. The zero-order chi connectivity index (χ0) is 31.2. The fourth-order valence-corrected chi connectivity index (χ4v) is 4.84. The second kappa shape index (κ2) is 11.2. The van der Waals surface area contributed by atoms with E-state index < -0.39 is 17.8 Å². The van der Waals surface area contributed by atoms with E-state index in [0.29, 0.717) is 28.3 Å². The average Bonchev–Trinajstić information content (AvgIpc) is 3.59. The van der Waals surface area contributed by atoms with Crippen LogP contribution in [0, 0.1) is 0 Å². The Morgan fingerprint density at radius 1 is 1.09 bits per heavy atom. The van der Waals surface area contributed by atoms with Crippen molar-refractivity contribution in [3.05, 3.63) is 59.6 Å². The van der Waals surface area contributed by atoms with Crippen LogP contribution in [0.5, 0.6) is 5.88 Å². The first-order valence-corrected chi connectivity index (χ1v) is 13.8. The lowest BCUT2D eigenvalue weighted by Crippen LogP contribution is -2.07. The quantitative estimate of drug-likeness (QED) is 0.204. The number of nitrogens with one attached hydrogen (secondary N) is 2. The van der Waals surface area contributed by atoms with Gasteiger partial charge in [-0.05, 0) is 32.3 Å². The Kier molecular flexibility index (Phi) is 7.39. The van der Waals surface area contributed by atoms with Crippen LogP contribution < -0.4 is 10.1 Å². The van der Waals surface area contributed by atoms with Gasteiger partial charge in [-0.15, -0.1) is 0 Å². The maximum atomic E-state index is 13.4. The second-order valence-corrected chi connectivity index (χ2v) is 10.6. The van der Waals surface area contributed by atoms with Crippen LogP contribution in [0.2, 0.25) is 0 Å². The summed E-state index contributed by atoms with van der Waals surface area (Å²) in [5.74, 6) is 0.706. The molecule has 228 valence electrons. The number of alkyl halides is 3. The van der Waals surface area contributed by atoms with Crippen molar-refractivity contribution < 1.29 is 27.4 Å². The van der Waals surface area contributed by atoms with Crippen molar-refractivity contribution in [3.8, 4) is 28.7 Å². The number of carbonyl (C=O) groups excluding carboxylic acids is 1. The summed E-state index contributed by atoms with van der Waals surface area (Å²) in [7, 11) is 2.76. The maximum absolute atomic E-state index is 13.4. The highest BCUT2D eigenvalue weighted by atomic mass is 19.4. The second-order valence-electron chi connectivity index (χ2n) is 10.6. The van der Waals surface area contributed by atoms with E-state index in [2.05, 4.69) is 35.2 Å².